The third-order valence-electron chi connectivity index (χ3n) is 4.47. The SMILES string of the molecule is Cc1cccc(-n2c(CNC(=O)c3cccc(F)c3)nnc2SCC(=O)Nc2nccs2)c1. The van der Waals surface area contributed by atoms with Gasteiger partial charge in [0, 0.05) is 22.8 Å². The molecule has 0 saturated carbocycles. The monoisotopic (exact) mass is 482 g/mol. The lowest BCUT2D eigenvalue weighted by atomic mass is 10.2. The highest BCUT2D eigenvalue weighted by molar-refractivity contribution is 7.99. The first-order valence-corrected chi connectivity index (χ1v) is 11.7. The first-order chi connectivity index (χ1) is 16.0. The average Bonchev–Trinajstić information content (AvgIpc) is 3.45. The summed E-state index contributed by atoms with van der Waals surface area (Å²) in [6.07, 6.45) is 1.62. The summed E-state index contributed by atoms with van der Waals surface area (Å²) >= 11 is 2.56. The smallest absolute Gasteiger partial charge is 0.251 e. The molecule has 0 unspecified atom stereocenters. The summed E-state index contributed by atoms with van der Waals surface area (Å²) in [5.41, 5.74) is 2.05. The molecular weight excluding hydrogens is 463 g/mol. The zero-order valence-electron chi connectivity index (χ0n) is 17.5. The van der Waals surface area contributed by atoms with E-state index >= 15 is 0 Å². The largest absolute Gasteiger partial charge is 0.345 e. The lowest BCUT2D eigenvalue weighted by molar-refractivity contribution is -0.113. The van der Waals surface area contributed by atoms with Gasteiger partial charge in [-0.3, -0.25) is 14.2 Å². The summed E-state index contributed by atoms with van der Waals surface area (Å²) in [6, 6.07) is 13.2. The van der Waals surface area contributed by atoms with Crippen molar-refractivity contribution in [2.24, 2.45) is 0 Å². The number of rotatable bonds is 8. The van der Waals surface area contributed by atoms with E-state index in [4.69, 9.17) is 0 Å². The molecule has 0 bridgehead atoms. The van der Waals surface area contributed by atoms with E-state index in [9.17, 15) is 14.0 Å². The number of aromatic nitrogens is 4. The van der Waals surface area contributed by atoms with Crippen LogP contribution >= 0.6 is 23.1 Å². The van der Waals surface area contributed by atoms with E-state index in [0.717, 1.165) is 11.3 Å². The molecule has 0 aliphatic rings. The molecule has 2 N–H and O–H groups in total. The number of aryl methyl sites for hydroxylation is 1. The first-order valence-electron chi connectivity index (χ1n) is 9.87. The molecule has 4 aromatic rings. The van der Waals surface area contributed by atoms with Crippen LogP contribution in [0.3, 0.4) is 0 Å². The topological polar surface area (TPSA) is 102 Å². The highest BCUT2D eigenvalue weighted by atomic mass is 32.2. The molecule has 0 aliphatic carbocycles. The number of halogens is 1. The van der Waals surface area contributed by atoms with Crippen LogP contribution in [0.25, 0.3) is 5.69 Å². The van der Waals surface area contributed by atoms with E-state index in [2.05, 4.69) is 25.8 Å². The Labute approximate surface area is 197 Å². The van der Waals surface area contributed by atoms with Gasteiger partial charge in [-0.1, -0.05) is 30.0 Å². The van der Waals surface area contributed by atoms with Crippen molar-refractivity contribution >= 4 is 40.0 Å². The number of amides is 2. The van der Waals surface area contributed by atoms with E-state index in [0.29, 0.717) is 16.1 Å². The quantitative estimate of drug-likeness (QED) is 0.370. The number of hydrogen-bond donors (Lipinski definition) is 2. The second kappa shape index (κ2) is 10.4. The minimum Gasteiger partial charge on any atom is -0.345 e. The molecule has 2 aromatic carbocycles. The van der Waals surface area contributed by atoms with Gasteiger partial charge in [-0.15, -0.1) is 21.5 Å². The Kier molecular flexibility index (Phi) is 7.10. The average molecular weight is 483 g/mol. The summed E-state index contributed by atoms with van der Waals surface area (Å²) in [4.78, 5) is 28.8. The third kappa shape index (κ3) is 5.82. The number of benzene rings is 2. The van der Waals surface area contributed by atoms with Crippen molar-refractivity contribution in [1.82, 2.24) is 25.1 Å². The van der Waals surface area contributed by atoms with E-state index in [1.54, 1.807) is 16.1 Å². The van der Waals surface area contributed by atoms with E-state index in [1.807, 2.05) is 31.2 Å². The number of nitrogens with zero attached hydrogens (tertiary/aromatic N) is 4. The molecule has 2 heterocycles. The number of thioether (sulfide) groups is 1. The molecule has 11 heteroatoms. The molecule has 168 valence electrons. The predicted molar refractivity (Wildman–Crippen MR) is 125 cm³/mol. The van der Waals surface area contributed by atoms with Crippen LogP contribution in [0, 0.1) is 12.7 Å². The van der Waals surface area contributed by atoms with Gasteiger partial charge in [0.2, 0.25) is 5.91 Å². The summed E-state index contributed by atoms with van der Waals surface area (Å²) in [7, 11) is 0. The Morgan fingerprint density at radius 2 is 2.00 bits per heavy atom. The summed E-state index contributed by atoms with van der Waals surface area (Å²) in [5, 5.41) is 16.7. The van der Waals surface area contributed by atoms with Crippen LogP contribution in [0.4, 0.5) is 9.52 Å². The van der Waals surface area contributed by atoms with E-state index < -0.39 is 11.7 Å². The fourth-order valence-electron chi connectivity index (χ4n) is 3.00. The summed E-state index contributed by atoms with van der Waals surface area (Å²) in [5.74, 6) is -0.535. The van der Waals surface area contributed by atoms with Crippen molar-refractivity contribution in [3.8, 4) is 5.69 Å². The van der Waals surface area contributed by atoms with Crippen molar-refractivity contribution in [2.75, 3.05) is 11.1 Å². The molecule has 0 saturated heterocycles. The van der Waals surface area contributed by atoms with Crippen molar-refractivity contribution < 1.29 is 14.0 Å². The Hall–Kier alpha value is -3.57. The van der Waals surface area contributed by atoms with Crippen LogP contribution < -0.4 is 10.6 Å². The maximum absolute atomic E-state index is 13.4. The molecule has 2 aromatic heterocycles. The normalized spacial score (nSPS) is 10.7. The van der Waals surface area contributed by atoms with Crippen molar-refractivity contribution in [3.63, 3.8) is 0 Å². The highest BCUT2D eigenvalue weighted by Crippen LogP contribution is 2.23. The van der Waals surface area contributed by atoms with Crippen molar-refractivity contribution in [3.05, 3.63) is 82.9 Å². The van der Waals surface area contributed by atoms with Crippen molar-refractivity contribution in [2.45, 2.75) is 18.6 Å². The second-order valence-electron chi connectivity index (χ2n) is 6.94. The number of hydrogen-bond acceptors (Lipinski definition) is 7. The molecule has 0 atom stereocenters. The zero-order chi connectivity index (χ0) is 23.2. The van der Waals surface area contributed by atoms with Crippen molar-refractivity contribution in [1.29, 1.82) is 0 Å². The lowest BCUT2D eigenvalue weighted by Gasteiger charge is -2.12. The molecule has 0 aliphatic heterocycles. The van der Waals surface area contributed by atoms with Crippen LogP contribution in [0.1, 0.15) is 21.7 Å². The lowest BCUT2D eigenvalue weighted by Crippen LogP contribution is -2.24. The molecular formula is C22H19FN6O2S2. The van der Waals surface area contributed by atoms with E-state index in [-0.39, 0.29) is 23.8 Å². The van der Waals surface area contributed by atoms with E-state index in [1.165, 1.54) is 47.4 Å². The minimum atomic E-state index is -0.486. The van der Waals surface area contributed by atoms with Gasteiger partial charge in [-0.2, -0.15) is 0 Å². The molecule has 33 heavy (non-hydrogen) atoms. The zero-order valence-corrected chi connectivity index (χ0v) is 19.1. The van der Waals surface area contributed by atoms with Gasteiger partial charge in [0.1, 0.15) is 5.82 Å². The summed E-state index contributed by atoms with van der Waals surface area (Å²) < 4.78 is 15.2. The highest BCUT2D eigenvalue weighted by Gasteiger charge is 2.17. The van der Waals surface area contributed by atoms with Gasteiger partial charge in [-0.05, 0) is 42.8 Å². The molecule has 0 fully saturated rings. The minimum absolute atomic E-state index is 0.0716. The Bertz CT molecular complexity index is 1280. The van der Waals surface area contributed by atoms with Crippen LogP contribution in [0.5, 0.6) is 0 Å². The molecule has 4 rings (SSSR count). The maximum Gasteiger partial charge on any atom is 0.251 e. The second-order valence-corrected chi connectivity index (χ2v) is 8.78. The molecule has 0 radical (unpaired) electrons. The Morgan fingerprint density at radius 1 is 1.15 bits per heavy atom. The predicted octanol–water partition coefficient (Wildman–Crippen LogP) is 3.83. The number of thiazole rings is 1. The molecule has 2 amide bonds. The van der Waals surface area contributed by atoms with Crippen LogP contribution in [-0.2, 0) is 11.3 Å². The Balaban J connectivity index is 1.52. The molecule has 8 nitrogen and oxygen atoms in total. The van der Waals surface area contributed by atoms with Gasteiger partial charge in [0.15, 0.2) is 16.1 Å². The number of nitrogens with one attached hydrogen (secondary N) is 2. The van der Waals surface area contributed by atoms with Crippen LogP contribution in [0.15, 0.2) is 65.3 Å². The van der Waals surface area contributed by atoms with Gasteiger partial charge < -0.3 is 10.6 Å². The van der Waals surface area contributed by atoms with Crippen LogP contribution in [0.2, 0.25) is 0 Å². The Morgan fingerprint density at radius 3 is 2.76 bits per heavy atom. The number of carbonyl (C=O) groups excluding carboxylic acids is 2. The third-order valence-corrected chi connectivity index (χ3v) is 6.08. The maximum atomic E-state index is 13.4. The van der Waals surface area contributed by atoms with Gasteiger partial charge in [-0.25, -0.2) is 9.37 Å². The summed E-state index contributed by atoms with van der Waals surface area (Å²) in [6.45, 7) is 2.04. The number of anilines is 1. The fourth-order valence-corrected chi connectivity index (χ4v) is 4.31. The fraction of sp³-hybridized carbons (Fsp3) is 0.136. The van der Waals surface area contributed by atoms with Crippen LogP contribution in [-0.4, -0.2) is 37.3 Å². The first kappa shape index (κ1) is 22.6. The van der Waals surface area contributed by atoms with Gasteiger partial charge in [0.05, 0.1) is 12.3 Å². The molecule has 0 spiro atoms. The van der Waals surface area contributed by atoms with Gasteiger partial charge >= 0.3 is 0 Å². The standard InChI is InChI=1S/C22H19FN6O2S2/c1-14-4-2-7-17(10-14)29-18(12-25-20(31)15-5-3-6-16(23)11-15)27-28-22(29)33-13-19(30)26-21-24-8-9-32-21/h2-11H,12-13H2,1H3,(H,25,31)(H,24,26,30). The number of carbonyl (C=O) groups is 2. The van der Waals surface area contributed by atoms with Gasteiger partial charge in [0.25, 0.3) is 5.91 Å².